The summed E-state index contributed by atoms with van der Waals surface area (Å²) in [7, 11) is 3.58. The maximum absolute atomic E-state index is 12.9. The molecule has 1 N–H and O–H groups in total. The van der Waals surface area contributed by atoms with Crippen LogP contribution in [-0.4, -0.2) is 60.5 Å². The number of nitrogens with one attached hydrogen (secondary N) is 1. The average molecular weight is 429 g/mol. The summed E-state index contributed by atoms with van der Waals surface area (Å²) >= 11 is 1.53. The predicted molar refractivity (Wildman–Crippen MR) is 118 cm³/mol. The Kier molecular flexibility index (Phi) is 6.48. The van der Waals surface area contributed by atoms with Crippen LogP contribution < -0.4 is 5.32 Å². The molecule has 0 spiro atoms. The third-order valence-electron chi connectivity index (χ3n) is 5.41. The first kappa shape index (κ1) is 21.0. The third-order valence-corrected chi connectivity index (χ3v) is 6.60. The van der Waals surface area contributed by atoms with Crippen molar-refractivity contribution in [3.8, 4) is 0 Å². The molecule has 0 bridgehead atoms. The average Bonchev–Trinajstić information content (AvgIpc) is 3.27. The molecule has 2 aromatic heterocycles. The fourth-order valence-electron chi connectivity index (χ4n) is 3.97. The number of ether oxygens (including phenoxy) is 2. The number of morpholine rings is 1. The van der Waals surface area contributed by atoms with Crippen molar-refractivity contribution in [2.24, 2.45) is 7.05 Å². The quantitative estimate of drug-likeness (QED) is 0.586. The van der Waals surface area contributed by atoms with Crippen molar-refractivity contribution in [1.82, 2.24) is 20.0 Å². The number of nitrogens with zero attached hydrogens (tertiary/aromatic N) is 3. The van der Waals surface area contributed by atoms with Crippen LogP contribution in [0.4, 0.5) is 0 Å². The van der Waals surface area contributed by atoms with Gasteiger partial charge >= 0.3 is 0 Å². The van der Waals surface area contributed by atoms with Gasteiger partial charge in [-0.05, 0) is 18.4 Å². The molecule has 3 aromatic rings. The zero-order valence-corrected chi connectivity index (χ0v) is 18.5. The van der Waals surface area contributed by atoms with E-state index in [1.807, 2.05) is 30.8 Å². The molecular formula is C22H28N4O3S. The Morgan fingerprint density at radius 3 is 3.00 bits per heavy atom. The number of carbonyl (C=O) groups excluding carboxylic acids is 1. The molecule has 3 heterocycles. The van der Waals surface area contributed by atoms with E-state index in [1.54, 1.807) is 7.11 Å². The Labute approximate surface area is 180 Å². The van der Waals surface area contributed by atoms with Crippen LogP contribution in [0.1, 0.15) is 32.6 Å². The standard InChI is InChI=1S/C22H28N4O3S/c1-15-16(12-25(2)24-15)13-26-9-11-29-18(14-26)20-17-6-4-5-7-19(17)30-21(20)22(27)23-8-10-28-3/h4-7,12,18H,8-11,13-14H2,1-3H3,(H,23,27). The normalized spacial score (nSPS) is 17.5. The molecule has 1 atom stereocenters. The van der Waals surface area contributed by atoms with E-state index in [0.717, 1.165) is 45.9 Å². The lowest BCUT2D eigenvalue weighted by Crippen LogP contribution is -2.38. The number of fused-ring (bicyclic) bond motifs is 1. The SMILES string of the molecule is COCCNC(=O)c1sc2ccccc2c1C1CN(Cc2cn(C)nc2C)CCO1. The van der Waals surface area contributed by atoms with Crippen molar-refractivity contribution in [2.45, 2.75) is 19.6 Å². The van der Waals surface area contributed by atoms with Gasteiger partial charge in [-0.2, -0.15) is 5.10 Å². The largest absolute Gasteiger partial charge is 0.383 e. The van der Waals surface area contributed by atoms with Crippen LogP contribution >= 0.6 is 11.3 Å². The van der Waals surface area contributed by atoms with Crippen LogP contribution in [0.15, 0.2) is 30.5 Å². The molecular weight excluding hydrogens is 400 g/mol. The predicted octanol–water partition coefficient (Wildman–Crippen LogP) is 2.89. The summed E-state index contributed by atoms with van der Waals surface area (Å²) in [6, 6.07) is 8.18. The second-order valence-corrected chi connectivity index (χ2v) is 8.65. The molecule has 1 aliphatic heterocycles. The highest BCUT2D eigenvalue weighted by Gasteiger charge is 2.30. The smallest absolute Gasteiger partial charge is 0.261 e. The molecule has 0 radical (unpaired) electrons. The highest BCUT2D eigenvalue weighted by atomic mass is 32.1. The van der Waals surface area contributed by atoms with Crippen molar-refractivity contribution >= 4 is 27.3 Å². The number of hydrogen-bond donors (Lipinski definition) is 1. The van der Waals surface area contributed by atoms with Gasteiger partial charge in [-0.15, -0.1) is 11.3 Å². The minimum absolute atomic E-state index is 0.0629. The number of aromatic nitrogens is 2. The second-order valence-electron chi connectivity index (χ2n) is 7.60. The molecule has 30 heavy (non-hydrogen) atoms. The maximum Gasteiger partial charge on any atom is 0.261 e. The van der Waals surface area contributed by atoms with Crippen molar-refractivity contribution in [3.05, 3.63) is 52.2 Å². The molecule has 7 nitrogen and oxygen atoms in total. The number of hydrogen-bond acceptors (Lipinski definition) is 6. The molecule has 1 aliphatic rings. The van der Waals surface area contributed by atoms with E-state index >= 15 is 0 Å². The summed E-state index contributed by atoms with van der Waals surface area (Å²) in [5.41, 5.74) is 3.28. The van der Waals surface area contributed by atoms with Gasteiger partial charge in [0.25, 0.3) is 5.91 Å². The summed E-state index contributed by atoms with van der Waals surface area (Å²) in [5.74, 6) is -0.0629. The van der Waals surface area contributed by atoms with E-state index in [-0.39, 0.29) is 12.0 Å². The van der Waals surface area contributed by atoms with Gasteiger partial charge in [0.05, 0.1) is 29.9 Å². The molecule has 1 amide bonds. The van der Waals surface area contributed by atoms with Crippen LogP contribution in [0, 0.1) is 6.92 Å². The van der Waals surface area contributed by atoms with E-state index in [0.29, 0.717) is 19.8 Å². The number of aryl methyl sites for hydroxylation is 2. The van der Waals surface area contributed by atoms with Crippen LogP contribution in [-0.2, 0) is 23.1 Å². The highest BCUT2D eigenvalue weighted by Crippen LogP contribution is 2.38. The van der Waals surface area contributed by atoms with Gasteiger partial charge in [0.1, 0.15) is 0 Å². The van der Waals surface area contributed by atoms with Gasteiger partial charge in [-0.25, -0.2) is 0 Å². The summed E-state index contributed by atoms with van der Waals surface area (Å²) in [4.78, 5) is 16.1. The molecule has 4 rings (SSSR count). The molecule has 1 aromatic carbocycles. The van der Waals surface area contributed by atoms with Crippen LogP contribution in [0.25, 0.3) is 10.1 Å². The Hall–Kier alpha value is -2.26. The molecule has 0 saturated carbocycles. The van der Waals surface area contributed by atoms with Crippen molar-refractivity contribution in [1.29, 1.82) is 0 Å². The number of amides is 1. The van der Waals surface area contributed by atoms with E-state index in [2.05, 4.69) is 33.6 Å². The molecule has 8 heteroatoms. The second kappa shape index (κ2) is 9.26. The maximum atomic E-state index is 12.9. The van der Waals surface area contributed by atoms with Crippen molar-refractivity contribution in [2.75, 3.05) is 40.0 Å². The molecule has 1 unspecified atom stereocenters. The van der Waals surface area contributed by atoms with E-state index < -0.39 is 0 Å². The first-order valence-electron chi connectivity index (χ1n) is 10.2. The zero-order chi connectivity index (χ0) is 21.1. The summed E-state index contributed by atoms with van der Waals surface area (Å²) < 4.78 is 14.2. The zero-order valence-electron chi connectivity index (χ0n) is 17.7. The molecule has 160 valence electrons. The van der Waals surface area contributed by atoms with E-state index in [1.165, 1.54) is 16.9 Å². The fraction of sp³-hybridized carbons (Fsp3) is 0.455. The van der Waals surface area contributed by atoms with E-state index in [9.17, 15) is 4.79 Å². The van der Waals surface area contributed by atoms with Gasteiger partial charge in [0, 0.05) is 62.4 Å². The lowest BCUT2D eigenvalue weighted by Gasteiger charge is -2.33. The number of thiophene rings is 1. The fourth-order valence-corrected chi connectivity index (χ4v) is 5.14. The molecule has 0 aliphatic carbocycles. The first-order chi connectivity index (χ1) is 14.6. The van der Waals surface area contributed by atoms with Crippen LogP contribution in [0.5, 0.6) is 0 Å². The highest BCUT2D eigenvalue weighted by molar-refractivity contribution is 7.21. The Morgan fingerprint density at radius 2 is 2.23 bits per heavy atom. The van der Waals surface area contributed by atoms with E-state index in [4.69, 9.17) is 9.47 Å². The van der Waals surface area contributed by atoms with Gasteiger partial charge in [0.15, 0.2) is 0 Å². The summed E-state index contributed by atoms with van der Waals surface area (Å²) in [6.07, 6.45) is 1.93. The van der Waals surface area contributed by atoms with Gasteiger partial charge in [-0.1, -0.05) is 18.2 Å². The molecule has 1 saturated heterocycles. The van der Waals surface area contributed by atoms with Crippen molar-refractivity contribution < 1.29 is 14.3 Å². The van der Waals surface area contributed by atoms with Crippen LogP contribution in [0.2, 0.25) is 0 Å². The first-order valence-corrected chi connectivity index (χ1v) is 11.0. The number of methoxy groups -OCH3 is 1. The number of carbonyl (C=O) groups is 1. The number of rotatable bonds is 7. The summed E-state index contributed by atoms with van der Waals surface area (Å²) in [6.45, 7) is 6.10. The minimum Gasteiger partial charge on any atom is -0.383 e. The van der Waals surface area contributed by atoms with Gasteiger partial charge in [0.2, 0.25) is 0 Å². The topological polar surface area (TPSA) is 68.6 Å². The number of benzene rings is 1. The van der Waals surface area contributed by atoms with Crippen LogP contribution in [0.3, 0.4) is 0 Å². The van der Waals surface area contributed by atoms with Gasteiger partial charge in [-0.3, -0.25) is 14.4 Å². The van der Waals surface area contributed by atoms with Crippen molar-refractivity contribution in [3.63, 3.8) is 0 Å². The third kappa shape index (κ3) is 4.41. The Balaban J connectivity index is 1.60. The lowest BCUT2D eigenvalue weighted by molar-refractivity contribution is -0.0323. The Bertz CT molecular complexity index is 1030. The minimum atomic E-state index is -0.143. The monoisotopic (exact) mass is 428 g/mol. The molecule has 1 fully saturated rings. The Morgan fingerprint density at radius 1 is 1.40 bits per heavy atom. The van der Waals surface area contributed by atoms with Gasteiger partial charge < -0.3 is 14.8 Å². The lowest BCUT2D eigenvalue weighted by atomic mass is 10.0. The summed E-state index contributed by atoms with van der Waals surface area (Å²) in [5, 5.41) is 8.53.